The zero-order valence-corrected chi connectivity index (χ0v) is 12.9. The second-order valence-corrected chi connectivity index (χ2v) is 5.27. The summed E-state index contributed by atoms with van der Waals surface area (Å²) in [5, 5.41) is 0.661. The number of hydrogen-bond acceptors (Lipinski definition) is 2. The first-order chi connectivity index (χ1) is 10.1. The summed E-state index contributed by atoms with van der Waals surface area (Å²) in [6.07, 6.45) is -0.542. The normalized spacial score (nSPS) is 11.8. The molecule has 0 radical (unpaired) electrons. The van der Waals surface area contributed by atoms with Crippen molar-refractivity contribution in [2.45, 2.75) is 19.6 Å². The third-order valence-electron chi connectivity index (χ3n) is 3.15. The molecule has 2 aromatic carbocycles. The third-order valence-corrected chi connectivity index (χ3v) is 3.51. The Morgan fingerprint density at radius 1 is 1.14 bits per heavy atom. The van der Waals surface area contributed by atoms with Gasteiger partial charge in [0.2, 0.25) is 0 Å². The topological polar surface area (TPSA) is 29.5 Å². The summed E-state index contributed by atoms with van der Waals surface area (Å²) in [4.78, 5) is 13.9. The highest BCUT2D eigenvalue weighted by atomic mass is 35.5. The van der Waals surface area contributed by atoms with E-state index in [1.807, 2.05) is 54.6 Å². The number of likely N-dealkylation sites (N-methyl/N-ethyl adjacent to an activating group) is 1. The molecule has 0 heterocycles. The van der Waals surface area contributed by atoms with Crippen LogP contribution in [0.5, 0.6) is 5.75 Å². The van der Waals surface area contributed by atoms with E-state index < -0.39 is 6.10 Å². The molecule has 0 bridgehead atoms. The fraction of sp³-hybridized carbons (Fsp3) is 0.235. The van der Waals surface area contributed by atoms with Crippen LogP contribution in [0.2, 0.25) is 5.02 Å². The number of halogens is 1. The first kappa shape index (κ1) is 15.4. The van der Waals surface area contributed by atoms with Gasteiger partial charge in [0.25, 0.3) is 5.91 Å². The van der Waals surface area contributed by atoms with Crippen LogP contribution in [0, 0.1) is 0 Å². The quantitative estimate of drug-likeness (QED) is 0.841. The lowest BCUT2D eigenvalue weighted by atomic mass is 10.2. The molecule has 2 aromatic rings. The van der Waals surface area contributed by atoms with E-state index in [2.05, 4.69) is 0 Å². The van der Waals surface area contributed by atoms with Crippen molar-refractivity contribution < 1.29 is 9.53 Å². The maximum Gasteiger partial charge on any atom is 0.263 e. The van der Waals surface area contributed by atoms with Crippen LogP contribution < -0.4 is 4.74 Å². The number of carbonyl (C=O) groups excluding carboxylic acids is 1. The minimum absolute atomic E-state index is 0.0845. The Hall–Kier alpha value is -2.00. The standard InChI is InChI=1S/C17H18ClNO2/c1-13(21-15-9-4-3-5-10-15)17(20)19(2)12-14-8-6-7-11-16(14)18/h3-11,13H,12H2,1-2H3. The SMILES string of the molecule is CC(Oc1ccccc1)C(=O)N(C)Cc1ccccc1Cl. The summed E-state index contributed by atoms with van der Waals surface area (Å²) < 4.78 is 5.64. The fourth-order valence-corrected chi connectivity index (χ4v) is 2.22. The zero-order valence-electron chi connectivity index (χ0n) is 12.1. The van der Waals surface area contributed by atoms with Gasteiger partial charge in [-0.2, -0.15) is 0 Å². The Balaban J connectivity index is 1.97. The van der Waals surface area contributed by atoms with Crippen LogP contribution in [-0.4, -0.2) is 24.0 Å². The molecule has 110 valence electrons. The lowest BCUT2D eigenvalue weighted by Crippen LogP contribution is -2.37. The van der Waals surface area contributed by atoms with Crippen LogP contribution in [0.1, 0.15) is 12.5 Å². The van der Waals surface area contributed by atoms with Gasteiger partial charge in [-0.15, -0.1) is 0 Å². The highest BCUT2D eigenvalue weighted by Crippen LogP contribution is 2.17. The second kappa shape index (κ2) is 7.14. The van der Waals surface area contributed by atoms with Gasteiger partial charge in [-0.1, -0.05) is 48.0 Å². The highest BCUT2D eigenvalue weighted by Gasteiger charge is 2.19. The van der Waals surface area contributed by atoms with Crippen LogP contribution in [-0.2, 0) is 11.3 Å². The van der Waals surface area contributed by atoms with Crippen molar-refractivity contribution in [3.05, 3.63) is 65.2 Å². The van der Waals surface area contributed by atoms with Gasteiger partial charge in [-0.05, 0) is 30.7 Å². The van der Waals surface area contributed by atoms with E-state index >= 15 is 0 Å². The molecule has 0 aliphatic carbocycles. The number of benzene rings is 2. The van der Waals surface area contributed by atoms with Crippen molar-refractivity contribution in [3.63, 3.8) is 0 Å². The zero-order chi connectivity index (χ0) is 15.2. The molecule has 21 heavy (non-hydrogen) atoms. The van der Waals surface area contributed by atoms with E-state index in [1.165, 1.54) is 0 Å². The number of carbonyl (C=O) groups is 1. The van der Waals surface area contributed by atoms with E-state index in [0.29, 0.717) is 17.3 Å². The van der Waals surface area contributed by atoms with Gasteiger partial charge in [-0.3, -0.25) is 4.79 Å². The van der Waals surface area contributed by atoms with Crippen LogP contribution in [0.15, 0.2) is 54.6 Å². The smallest absolute Gasteiger partial charge is 0.263 e. The van der Waals surface area contributed by atoms with Gasteiger partial charge in [0.05, 0.1) is 0 Å². The second-order valence-electron chi connectivity index (χ2n) is 4.86. The van der Waals surface area contributed by atoms with Crippen molar-refractivity contribution in [2.24, 2.45) is 0 Å². The van der Waals surface area contributed by atoms with E-state index in [9.17, 15) is 4.79 Å². The Morgan fingerprint density at radius 2 is 1.76 bits per heavy atom. The summed E-state index contributed by atoms with van der Waals surface area (Å²) in [5.41, 5.74) is 0.918. The average Bonchev–Trinajstić information content (AvgIpc) is 2.49. The summed E-state index contributed by atoms with van der Waals surface area (Å²) >= 11 is 6.11. The Kier molecular flexibility index (Phi) is 5.23. The molecule has 0 saturated heterocycles. The number of para-hydroxylation sites is 1. The molecule has 0 N–H and O–H groups in total. The highest BCUT2D eigenvalue weighted by molar-refractivity contribution is 6.31. The van der Waals surface area contributed by atoms with Crippen molar-refractivity contribution >= 4 is 17.5 Å². The van der Waals surface area contributed by atoms with Gasteiger partial charge >= 0.3 is 0 Å². The van der Waals surface area contributed by atoms with Crippen LogP contribution >= 0.6 is 11.6 Å². The molecule has 0 aliphatic heterocycles. The van der Waals surface area contributed by atoms with Crippen LogP contribution in [0.3, 0.4) is 0 Å². The fourth-order valence-electron chi connectivity index (χ4n) is 2.02. The molecule has 4 heteroatoms. The van der Waals surface area contributed by atoms with Crippen molar-refractivity contribution in [3.8, 4) is 5.75 Å². The predicted octanol–water partition coefficient (Wildman–Crippen LogP) is 3.77. The van der Waals surface area contributed by atoms with Gasteiger partial charge in [-0.25, -0.2) is 0 Å². The first-order valence-corrected chi connectivity index (χ1v) is 7.16. The molecule has 0 saturated carbocycles. The number of ether oxygens (including phenoxy) is 1. The summed E-state index contributed by atoms with van der Waals surface area (Å²) in [7, 11) is 1.75. The number of amides is 1. The first-order valence-electron chi connectivity index (χ1n) is 6.78. The molecule has 0 fully saturated rings. The van der Waals surface area contributed by atoms with E-state index in [4.69, 9.17) is 16.3 Å². The lowest BCUT2D eigenvalue weighted by Gasteiger charge is -2.22. The Bertz CT molecular complexity index is 601. The molecule has 0 aliphatic rings. The number of hydrogen-bond donors (Lipinski definition) is 0. The van der Waals surface area contributed by atoms with Gasteiger partial charge in [0, 0.05) is 18.6 Å². The summed E-state index contributed by atoms with van der Waals surface area (Å²) in [6.45, 7) is 2.21. The van der Waals surface area contributed by atoms with Crippen molar-refractivity contribution in [1.82, 2.24) is 4.90 Å². The van der Waals surface area contributed by atoms with Gasteiger partial charge < -0.3 is 9.64 Å². The van der Waals surface area contributed by atoms with Gasteiger partial charge in [0.15, 0.2) is 6.10 Å². The molecule has 2 rings (SSSR count). The molecular weight excluding hydrogens is 286 g/mol. The Morgan fingerprint density at radius 3 is 2.43 bits per heavy atom. The van der Waals surface area contributed by atoms with Crippen LogP contribution in [0.25, 0.3) is 0 Å². The molecule has 0 aromatic heterocycles. The average molecular weight is 304 g/mol. The molecular formula is C17H18ClNO2. The molecule has 1 amide bonds. The number of rotatable bonds is 5. The monoisotopic (exact) mass is 303 g/mol. The maximum absolute atomic E-state index is 12.3. The largest absolute Gasteiger partial charge is 0.481 e. The summed E-state index contributed by atoms with van der Waals surface area (Å²) in [6, 6.07) is 16.8. The number of nitrogens with zero attached hydrogens (tertiary/aromatic N) is 1. The molecule has 1 atom stereocenters. The lowest BCUT2D eigenvalue weighted by molar-refractivity contribution is -0.137. The van der Waals surface area contributed by atoms with Crippen molar-refractivity contribution in [2.75, 3.05) is 7.05 Å². The van der Waals surface area contributed by atoms with Gasteiger partial charge in [0.1, 0.15) is 5.75 Å². The predicted molar refractivity (Wildman–Crippen MR) is 84.5 cm³/mol. The maximum atomic E-state index is 12.3. The third kappa shape index (κ3) is 4.23. The molecule has 1 unspecified atom stereocenters. The van der Waals surface area contributed by atoms with E-state index in [0.717, 1.165) is 5.56 Å². The van der Waals surface area contributed by atoms with Crippen LogP contribution in [0.4, 0.5) is 0 Å². The summed E-state index contributed by atoms with van der Waals surface area (Å²) in [5.74, 6) is 0.600. The minimum atomic E-state index is -0.542. The minimum Gasteiger partial charge on any atom is -0.481 e. The van der Waals surface area contributed by atoms with E-state index in [-0.39, 0.29) is 5.91 Å². The Labute approximate surface area is 130 Å². The molecule has 0 spiro atoms. The van der Waals surface area contributed by atoms with Crippen molar-refractivity contribution in [1.29, 1.82) is 0 Å². The van der Waals surface area contributed by atoms with E-state index in [1.54, 1.807) is 18.9 Å². The molecule has 3 nitrogen and oxygen atoms in total.